The molecule has 0 aliphatic carbocycles. The van der Waals surface area contributed by atoms with Crippen LogP contribution in [-0.2, 0) is 20.9 Å². The first-order valence-corrected chi connectivity index (χ1v) is 12.7. The zero-order chi connectivity index (χ0) is 24.7. The minimum atomic E-state index is -0.520. The summed E-state index contributed by atoms with van der Waals surface area (Å²) in [6, 6.07) is 13.9. The number of piperidine rings is 2. The van der Waals surface area contributed by atoms with Crippen LogP contribution in [0.1, 0.15) is 45.6 Å². The molecular formula is C28H35N3O4. The van der Waals surface area contributed by atoms with Gasteiger partial charge in [0.05, 0.1) is 0 Å². The van der Waals surface area contributed by atoms with Crippen LogP contribution < -0.4 is 0 Å². The maximum atomic E-state index is 13.7. The van der Waals surface area contributed by atoms with Crippen molar-refractivity contribution in [3.8, 4) is 0 Å². The first-order valence-electron chi connectivity index (χ1n) is 12.7. The molecule has 0 saturated carbocycles. The zero-order valence-corrected chi connectivity index (χ0v) is 20.9. The molecule has 2 aromatic carbocycles. The Morgan fingerprint density at radius 3 is 2.31 bits per heavy atom. The van der Waals surface area contributed by atoms with Crippen molar-refractivity contribution in [2.75, 3.05) is 26.2 Å². The number of carbonyl (C=O) groups excluding carboxylic acids is 3. The highest BCUT2D eigenvalue weighted by atomic mass is 16.6. The van der Waals surface area contributed by atoms with E-state index in [0.29, 0.717) is 45.6 Å². The van der Waals surface area contributed by atoms with E-state index in [-0.39, 0.29) is 29.7 Å². The second-order valence-electron chi connectivity index (χ2n) is 11.3. The van der Waals surface area contributed by atoms with E-state index >= 15 is 0 Å². The van der Waals surface area contributed by atoms with Gasteiger partial charge in [-0.3, -0.25) is 9.59 Å². The molecular weight excluding hydrogens is 442 g/mol. The van der Waals surface area contributed by atoms with Gasteiger partial charge in [0.25, 0.3) is 0 Å². The fourth-order valence-corrected chi connectivity index (χ4v) is 5.95. The van der Waals surface area contributed by atoms with Gasteiger partial charge in [0.15, 0.2) is 0 Å². The molecule has 7 heteroatoms. The lowest BCUT2D eigenvalue weighted by Crippen LogP contribution is -2.58. The SMILES string of the molecule is CC(C)(C)OC(=O)N1CC2CC(C1)CN(C(=O)C1CCC(=O)N1Cc1cccc3ccccc13)C2. The van der Waals surface area contributed by atoms with Crippen molar-refractivity contribution in [1.82, 2.24) is 14.7 Å². The average Bonchev–Trinajstić information content (AvgIpc) is 3.17. The lowest BCUT2D eigenvalue weighted by molar-refractivity contribution is -0.145. The van der Waals surface area contributed by atoms with Crippen molar-refractivity contribution >= 4 is 28.7 Å². The van der Waals surface area contributed by atoms with Crippen LogP contribution in [0.5, 0.6) is 0 Å². The van der Waals surface area contributed by atoms with Gasteiger partial charge in [-0.25, -0.2) is 4.79 Å². The highest BCUT2D eigenvalue weighted by molar-refractivity contribution is 5.92. The van der Waals surface area contributed by atoms with Gasteiger partial charge in [0.1, 0.15) is 11.6 Å². The van der Waals surface area contributed by atoms with Crippen LogP contribution in [0.25, 0.3) is 10.8 Å². The number of rotatable bonds is 3. The number of carbonyl (C=O) groups is 3. The summed E-state index contributed by atoms with van der Waals surface area (Å²) < 4.78 is 5.57. The third-order valence-corrected chi connectivity index (χ3v) is 7.38. The normalized spacial score (nSPS) is 24.7. The number of ether oxygens (including phenoxy) is 1. The molecule has 2 aromatic rings. The van der Waals surface area contributed by atoms with E-state index < -0.39 is 11.6 Å². The molecule has 3 aliphatic rings. The van der Waals surface area contributed by atoms with Gasteiger partial charge in [-0.05, 0) is 61.8 Å². The Balaban J connectivity index is 1.27. The average molecular weight is 478 g/mol. The second kappa shape index (κ2) is 9.17. The van der Waals surface area contributed by atoms with Gasteiger partial charge < -0.3 is 19.4 Å². The van der Waals surface area contributed by atoms with Gasteiger partial charge in [-0.2, -0.15) is 0 Å². The summed E-state index contributed by atoms with van der Waals surface area (Å²) in [6.45, 7) is 8.55. The molecule has 0 N–H and O–H groups in total. The molecule has 0 aromatic heterocycles. The lowest BCUT2D eigenvalue weighted by Gasteiger charge is -2.46. The van der Waals surface area contributed by atoms with Crippen molar-refractivity contribution in [2.45, 2.75) is 58.2 Å². The number of hydrogen-bond donors (Lipinski definition) is 0. The number of hydrogen-bond acceptors (Lipinski definition) is 4. The van der Waals surface area contributed by atoms with Crippen molar-refractivity contribution in [1.29, 1.82) is 0 Å². The Bertz CT molecular complexity index is 1120. The Labute approximate surface area is 207 Å². The molecule has 3 fully saturated rings. The van der Waals surface area contributed by atoms with E-state index in [4.69, 9.17) is 4.74 Å². The smallest absolute Gasteiger partial charge is 0.410 e. The Kier molecular flexibility index (Phi) is 6.20. The number of amides is 3. The third kappa shape index (κ3) is 5.00. The topological polar surface area (TPSA) is 70.2 Å². The van der Waals surface area contributed by atoms with Crippen LogP contribution in [-0.4, -0.2) is 70.4 Å². The van der Waals surface area contributed by atoms with Crippen LogP contribution in [0.4, 0.5) is 4.79 Å². The maximum Gasteiger partial charge on any atom is 0.410 e. The van der Waals surface area contributed by atoms with Gasteiger partial charge in [0, 0.05) is 39.1 Å². The van der Waals surface area contributed by atoms with Crippen LogP contribution >= 0.6 is 0 Å². The predicted molar refractivity (Wildman–Crippen MR) is 134 cm³/mol. The van der Waals surface area contributed by atoms with Gasteiger partial charge >= 0.3 is 6.09 Å². The molecule has 7 nitrogen and oxygen atoms in total. The Morgan fingerprint density at radius 2 is 1.60 bits per heavy atom. The summed E-state index contributed by atoms with van der Waals surface area (Å²) in [5.74, 6) is 0.575. The molecule has 3 amide bonds. The lowest BCUT2D eigenvalue weighted by atomic mass is 9.84. The largest absolute Gasteiger partial charge is 0.444 e. The van der Waals surface area contributed by atoms with Crippen molar-refractivity contribution < 1.29 is 19.1 Å². The molecule has 186 valence electrons. The van der Waals surface area contributed by atoms with Gasteiger partial charge in [0.2, 0.25) is 11.8 Å². The molecule has 0 spiro atoms. The summed E-state index contributed by atoms with van der Waals surface area (Å²) in [5.41, 5.74) is 0.549. The Hall–Kier alpha value is -3.09. The minimum Gasteiger partial charge on any atom is -0.444 e. The minimum absolute atomic E-state index is 0.0459. The fourth-order valence-electron chi connectivity index (χ4n) is 5.95. The molecule has 3 heterocycles. The molecule has 3 atom stereocenters. The van der Waals surface area contributed by atoms with Gasteiger partial charge in [-0.1, -0.05) is 42.5 Å². The number of nitrogens with zero attached hydrogens (tertiary/aromatic N) is 3. The third-order valence-electron chi connectivity index (χ3n) is 7.38. The number of fused-ring (bicyclic) bond motifs is 3. The van der Waals surface area contributed by atoms with Crippen molar-refractivity contribution in [3.63, 3.8) is 0 Å². The highest BCUT2D eigenvalue weighted by Crippen LogP contribution is 2.32. The maximum absolute atomic E-state index is 13.7. The summed E-state index contributed by atoms with van der Waals surface area (Å²) in [6.07, 6.45) is 1.73. The van der Waals surface area contributed by atoms with E-state index in [1.807, 2.05) is 49.9 Å². The van der Waals surface area contributed by atoms with Crippen LogP contribution in [0.15, 0.2) is 42.5 Å². The molecule has 3 unspecified atom stereocenters. The highest BCUT2D eigenvalue weighted by Gasteiger charge is 2.43. The summed E-state index contributed by atoms with van der Waals surface area (Å²) in [5, 5.41) is 2.26. The summed E-state index contributed by atoms with van der Waals surface area (Å²) >= 11 is 0. The van der Waals surface area contributed by atoms with Crippen molar-refractivity contribution in [2.24, 2.45) is 11.8 Å². The van der Waals surface area contributed by atoms with E-state index in [2.05, 4.69) is 18.2 Å². The van der Waals surface area contributed by atoms with E-state index in [9.17, 15) is 14.4 Å². The monoisotopic (exact) mass is 477 g/mol. The first-order chi connectivity index (χ1) is 16.7. The number of likely N-dealkylation sites (tertiary alicyclic amines) is 3. The molecule has 3 aliphatic heterocycles. The summed E-state index contributed by atoms with van der Waals surface area (Å²) in [7, 11) is 0. The van der Waals surface area contributed by atoms with Crippen molar-refractivity contribution in [3.05, 3.63) is 48.0 Å². The van der Waals surface area contributed by atoms with Crippen LogP contribution in [0.3, 0.4) is 0 Å². The molecule has 2 bridgehead atoms. The Morgan fingerprint density at radius 1 is 0.943 bits per heavy atom. The molecule has 35 heavy (non-hydrogen) atoms. The molecule has 3 saturated heterocycles. The number of benzene rings is 2. The van der Waals surface area contributed by atoms with Gasteiger partial charge in [-0.15, -0.1) is 0 Å². The molecule has 0 radical (unpaired) electrons. The molecule has 5 rings (SSSR count). The van der Waals surface area contributed by atoms with E-state index in [1.165, 1.54) is 0 Å². The second-order valence-corrected chi connectivity index (χ2v) is 11.3. The fraction of sp³-hybridized carbons (Fsp3) is 0.536. The van der Waals surface area contributed by atoms with E-state index in [0.717, 1.165) is 22.8 Å². The van der Waals surface area contributed by atoms with Crippen LogP contribution in [0.2, 0.25) is 0 Å². The predicted octanol–water partition coefficient (Wildman–Crippen LogP) is 4.05. The summed E-state index contributed by atoms with van der Waals surface area (Å²) in [4.78, 5) is 44.6. The quantitative estimate of drug-likeness (QED) is 0.669. The zero-order valence-electron chi connectivity index (χ0n) is 20.9. The van der Waals surface area contributed by atoms with Crippen LogP contribution in [0, 0.1) is 11.8 Å². The standard InChI is InChI=1S/C28H35N3O4/c1-28(2,3)35-27(34)30-16-19-13-20(17-30)15-29(14-19)26(33)24-11-12-25(32)31(24)18-22-9-6-8-21-7-4-5-10-23(21)22/h4-10,19-20,24H,11-18H2,1-3H3. The van der Waals surface area contributed by atoms with E-state index in [1.54, 1.807) is 9.80 Å². The first kappa shape index (κ1) is 23.6.